The predicted octanol–water partition coefficient (Wildman–Crippen LogP) is 4.65. The van der Waals surface area contributed by atoms with Crippen LogP contribution >= 0.6 is 11.3 Å². The van der Waals surface area contributed by atoms with Gasteiger partial charge >= 0.3 is 6.09 Å². The van der Waals surface area contributed by atoms with E-state index in [2.05, 4.69) is 22.8 Å². The third-order valence-electron chi connectivity index (χ3n) is 4.01. The van der Waals surface area contributed by atoms with Gasteiger partial charge in [-0.3, -0.25) is 0 Å². The topological polar surface area (TPSA) is 58.6 Å². The van der Waals surface area contributed by atoms with Gasteiger partial charge in [-0.1, -0.05) is 38.1 Å². The summed E-state index contributed by atoms with van der Waals surface area (Å²) in [6.07, 6.45) is 3.07. The third-order valence-corrected chi connectivity index (χ3v) is 4.71. The van der Waals surface area contributed by atoms with Crippen molar-refractivity contribution in [1.82, 2.24) is 5.32 Å². The van der Waals surface area contributed by atoms with Crippen LogP contribution in [-0.2, 0) is 0 Å². The maximum atomic E-state index is 11.1. The molecule has 120 valence electrons. The van der Waals surface area contributed by atoms with Crippen LogP contribution in [0.15, 0.2) is 35.0 Å². The van der Waals surface area contributed by atoms with Crippen molar-refractivity contribution in [2.24, 2.45) is 5.41 Å². The second kappa shape index (κ2) is 6.08. The fourth-order valence-corrected chi connectivity index (χ4v) is 3.37. The average molecular weight is 329 g/mol. The molecule has 1 atom stereocenters. The van der Waals surface area contributed by atoms with Crippen LogP contribution in [0.2, 0.25) is 0 Å². The van der Waals surface area contributed by atoms with E-state index in [1.54, 1.807) is 11.3 Å². The van der Waals surface area contributed by atoms with E-state index in [1.165, 1.54) is 5.56 Å². The molecule has 0 fully saturated rings. The fraction of sp³-hybridized carbons (Fsp3) is 0.278. The molecule has 2 heterocycles. The molecule has 3 rings (SSSR count). The Kier molecular flexibility index (Phi) is 4.13. The Morgan fingerprint density at radius 3 is 2.83 bits per heavy atom. The number of ether oxygens (including phenoxy) is 1. The Labute approximate surface area is 139 Å². The minimum Gasteiger partial charge on any atom is -0.493 e. The molecule has 2 N–H and O–H groups in total. The van der Waals surface area contributed by atoms with Gasteiger partial charge in [0.2, 0.25) is 0 Å². The molecule has 1 aliphatic rings. The minimum absolute atomic E-state index is 0.279. The SMILES string of the molecule is CC1(C)COc2cc(/C=C/c3ccsc3)ccc2C1NC(=O)O. The van der Waals surface area contributed by atoms with Crippen LogP contribution < -0.4 is 10.1 Å². The third kappa shape index (κ3) is 3.40. The Hall–Kier alpha value is -2.27. The van der Waals surface area contributed by atoms with Crippen molar-refractivity contribution in [3.63, 3.8) is 0 Å². The van der Waals surface area contributed by atoms with Crippen LogP contribution in [0.1, 0.15) is 36.6 Å². The molecule has 1 aliphatic heterocycles. The number of hydrogen-bond donors (Lipinski definition) is 2. The largest absolute Gasteiger partial charge is 0.493 e. The van der Waals surface area contributed by atoms with Crippen LogP contribution in [0.3, 0.4) is 0 Å². The zero-order valence-electron chi connectivity index (χ0n) is 13.1. The van der Waals surface area contributed by atoms with E-state index in [1.807, 2.05) is 43.5 Å². The number of nitrogens with one attached hydrogen (secondary N) is 1. The molecule has 0 aliphatic carbocycles. The zero-order chi connectivity index (χ0) is 16.4. The van der Waals surface area contributed by atoms with Gasteiger partial charge < -0.3 is 15.2 Å². The summed E-state index contributed by atoms with van der Waals surface area (Å²) in [6.45, 7) is 4.48. The first kappa shape index (κ1) is 15.6. The fourth-order valence-electron chi connectivity index (χ4n) is 2.75. The van der Waals surface area contributed by atoms with E-state index in [-0.39, 0.29) is 11.5 Å². The predicted molar refractivity (Wildman–Crippen MR) is 92.9 cm³/mol. The normalized spacial score (nSPS) is 19.1. The van der Waals surface area contributed by atoms with Gasteiger partial charge in [0.15, 0.2) is 0 Å². The first-order chi connectivity index (χ1) is 11.0. The summed E-state index contributed by atoms with van der Waals surface area (Å²) in [5.74, 6) is 0.746. The summed E-state index contributed by atoms with van der Waals surface area (Å²) >= 11 is 1.66. The van der Waals surface area contributed by atoms with Gasteiger partial charge in [0.1, 0.15) is 5.75 Å². The molecule has 1 unspecified atom stereocenters. The molecule has 0 saturated carbocycles. The van der Waals surface area contributed by atoms with Crippen LogP contribution in [0.4, 0.5) is 4.79 Å². The number of carboxylic acid groups (broad SMARTS) is 1. The molecule has 0 saturated heterocycles. The highest BCUT2D eigenvalue weighted by Gasteiger charge is 2.38. The molecular weight excluding hydrogens is 310 g/mol. The summed E-state index contributed by atoms with van der Waals surface area (Å²) in [4.78, 5) is 11.1. The van der Waals surface area contributed by atoms with E-state index < -0.39 is 6.09 Å². The van der Waals surface area contributed by atoms with Crippen molar-refractivity contribution in [3.05, 3.63) is 51.7 Å². The van der Waals surface area contributed by atoms with Crippen molar-refractivity contribution in [2.75, 3.05) is 6.61 Å². The van der Waals surface area contributed by atoms with Crippen molar-refractivity contribution >= 4 is 29.6 Å². The summed E-state index contributed by atoms with van der Waals surface area (Å²) in [5.41, 5.74) is 2.79. The summed E-state index contributed by atoms with van der Waals surface area (Å²) in [7, 11) is 0. The van der Waals surface area contributed by atoms with Gasteiger partial charge in [0.05, 0.1) is 12.6 Å². The molecule has 5 heteroatoms. The second-order valence-corrected chi connectivity index (χ2v) is 7.13. The highest BCUT2D eigenvalue weighted by atomic mass is 32.1. The maximum Gasteiger partial charge on any atom is 0.405 e. The number of benzene rings is 1. The average Bonchev–Trinajstić information content (AvgIpc) is 3.01. The van der Waals surface area contributed by atoms with Gasteiger partial charge in [0.25, 0.3) is 0 Å². The molecule has 0 radical (unpaired) electrons. The number of carbonyl (C=O) groups is 1. The highest BCUT2D eigenvalue weighted by molar-refractivity contribution is 7.08. The highest BCUT2D eigenvalue weighted by Crippen LogP contribution is 2.43. The molecule has 23 heavy (non-hydrogen) atoms. The molecule has 1 amide bonds. The molecule has 1 aromatic carbocycles. The van der Waals surface area contributed by atoms with Crippen LogP contribution in [-0.4, -0.2) is 17.8 Å². The lowest BCUT2D eigenvalue weighted by Gasteiger charge is -2.39. The van der Waals surface area contributed by atoms with E-state index in [4.69, 9.17) is 9.84 Å². The standard InChI is InChI=1S/C18H19NO3S/c1-18(2)11-22-15-9-12(3-4-13-7-8-23-10-13)5-6-14(15)16(18)19-17(20)21/h3-10,16,19H,11H2,1-2H3,(H,20,21)/b4-3+. The minimum atomic E-state index is -1.02. The first-order valence-electron chi connectivity index (χ1n) is 7.42. The van der Waals surface area contributed by atoms with E-state index in [0.29, 0.717) is 6.61 Å². The van der Waals surface area contributed by atoms with Crippen LogP contribution in [0.25, 0.3) is 12.2 Å². The van der Waals surface area contributed by atoms with Gasteiger partial charge in [0, 0.05) is 11.0 Å². The summed E-state index contributed by atoms with van der Waals surface area (Å²) < 4.78 is 5.86. The molecule has 0 bridgehead atoms. The summed E-state index contributed by atoms with van der Waals surface area (Å²) in [5, 5.41) is 15.9. The quantitative estimate of drug-likeness (QED) is 0.862. The smallest absolute Gasteiger partial charge is 0.405 e. The lowest BCUT2D eigenvalue weighted by Crippen LogP contribution is -2.43. The molecular formula is C18H19NO3S. The number of fused-ring (bicyclic) bond motifs is 1. The Morgan fingerprint density at radius 1 is 1.35 bits per heavy atom. The van der Waals surface area contributed by atoms with Crippen LogP contribution in [0, 0.1) is 5.41 Å². The first-order valence-corrected chi connectivity index (χ1v) is 8.36. The summed E-state index contributed by atoms with van der Waals surface area (Å²) in [6, 6.07) is 7.68. The van der Waals surface area contributed by atoms with E-state index >= 15 is 0 Å². The van der Waals surface area contributed by atoms with Gasteiger partial charge in [-0.05, 0) is 34.0 Å². The molecule has 2 aromatic rings. The van der Waals surface area contributed by atoms with Crippen molar-refractivity contribution < 1.29 is 14.6 Å². The Morgan fingerprint density at radius 2 is 2.13 bits per heavy atom. The van der Waals surface area contributed by atoms with E-state index in [0.717, 1.165) is 16.9 Å². The van der Waals surface area contributed by atoms with Gasteiger partial charge in [-0.25, -0.2) is 4.79 Å². The molecule has 4 nitrogen and oxygen atoms in total. The lowest BCUT2D eigenvalue weighted by molar-refractivity contribution is 0.0995. The lowest BCUT2D eigenvalue weighted by atomic mass is 9.79. The number of amides is 1. The monoisotopic (exact) mass is 329 g/mol. The Bertz CT molecular complexity index is 735. The number of rotatable bonds is 3. The molecule has 1 aromatic heterocycles. The number of thiophene rings is 1. The van der Waals surface area contributed by atoms with E-state index in [9.17, 15) is 4.79 Å². The van der Waals surface area contributed by atoms with Gasteiger partial charge in [-0.15, -0.1) is 0 Å². The number of hydrogen-bond acceptors (Lipinski definition) is 3. The van der Waals surface area contributed by atoms with Crippen molar-refractivity contribution in [3.8, 4) is 5.75 Å². The van der Waals surface area contributed by atoms with Gasteiger partial charge in [-0.2, -0.15) is 11.3 Å². The Balaban J connectivity index is 1.89. The van der Waals surface area contributed by atoms with Crippen molar-refractivity contribution in [1.29, 1.82) is 0 Å². The second-order valence-electron chi connectivity index (χ2n) is 6.35. The maximum absolute atomic E-state index is 11.1. The molecule has 0 spiro atoms. The van der Waals surface area contributed by atoms with Crippen molar-refractivity contribution in [2.45, 2.75) is 19.9 Å². The van der Waals surface area contributed by atoms with Crippen LogP contribution in [0.5, 0.6) is 5.75 Å². The zero-order valence-corrected chi connectivity index (χ0v) is 13.9.